The van der Waals surface area contributed by atoms with Gasteiger partial charge in [0.1, 0.15) is 5.76 Å². The number of hydrogen-bond acceptors (Lipinski definition) is 5. The summed E-state index contributed by atoms with van der Waals surface area (Å²) in [7, 11) is 0. The summed E-state index contributed by atoms with van der Waals surface area (Å²) >= 11 is 7.33. The predicted molar refractivity (Wildman–Crippen MR) is 128 cm³/mol. The molecule has 1 saturated heterocycles. The number of aliphatic hydroxyl groups excluding tert-OH is 1. The van der Waals surface area contributed by atoms with E-state index in [0.29, 0.717) is 21.6 Å². The Morgan fingerprint density at radius 1 is 1.06 bits per heavy atom. The quantitative estimate of drug-likeness (QED) is 0.284. The molecule has 1 atom stereocenters. The van der Waals surface area contributed by atoms with Crippen molar-refractivity contribution in [1.82, 2.24) is 4.98 Å². The molecule has 5 nitrogen and oxygen atoms in total. The molecule has 0 unspecified atom stereocenters. The summed E-state index contributed by atoms with van der Waals surface area (Å²) in [6, 6.07) is 13.5. The van der Waals surface area contributed by atoms with Crippen LogP contribution in [0.5, 0.6) is 0 Å². The molecule has 2 aromatic carbocycles. The van der Waals surface area contributed by atoms with Crippen molar-refractivity contribution in [2.24, 2.45) is 0 Å². The summed E-state index contributed by atoms with van der Waals surface area (Å²) in [6.07, 6.45) is 0. The number of rotatable bonds is 4. The van der Waals surface area contributed by atoms with Crippen LogP contribution in [0.2, 0.25) is 5.02 Å². The number of carbonyl (C=O) groups is 2. The van der Waals surface area contributed by atoms with E-state index in [0.717, 1.165) is 21.7 Å². The van der Waals surface area contributed by atoms with Crippen molar-refractivity contribution in [2.75, 3.05) is 4.90 Å². The van der Waals surface area contributed by atoms with Crippen molar-refractivity contribution in [3.63, 3.8) is 0 Å². The molecule has 0 radical (unpaired) electrons. The van der Waals surface area contributed by atoms with Gasteiger partial charge in [-0.05, 0) is 55.2 Å². The van der Waals surface area contributed by atoms with Gasteiger partial charge in [0.05, 0.1) is 17.3 Å². The molecule has 0 bridgehead atoms. The normalized spacial score (nSPS) is 18.1. The van der Waals surface area contributed by atoms with Gasteiger partial charge in [0.15, 0.2) is 5.13 Å². The topological polar surface area (TPSA) is 70.5 Å². The lowest BCUT2D eigenvalue weighted by Gasteiger charge is -2.23. The highest BCUT2D eigenvalue weighted by molar-refractivity contribution is 7.16. The van der Waals surface area contributed by atoms with Gasteiger partial charge >= 0.3 is 5.91 Å². The maximum absolute atomic E-state index is 13.2. The number of Topliss-reactive ketones (excluding diaryl/α,β-unsaturated/α-hetero) is 1. The second kappa shape index (κ2) is 8.52. The van der Waals surface area contributed by atoms with Crippen molar-refractivity contribution < 1.29 is 14.7 Å². The standard InChI is InChI=1S/C25H23ClN2O3S/c1-13(2)16-5-7-17(8-6-16)21-20(22(29)18-9-11-19(26)12-10-18)23(30)24(31)28(21)25-27-14(3)15(4)32-25/h5-13,21,29H,1-4H3/b22-20+/t21-/m0/s1. The number of amides is 1. The van der Waals surface area contributed by atoms with Gasteiger partial charge in [0.25, 0.3) is 5.78 Å². The van der Waals surface area contributed by atoms with E-state index in [1.165, 1.54) is 16.2 Å². The van der Waals surface area contributed by atoms with Gasteiger partial charge in [-0.15, -0.1) is 11.3 Å². The number of nitrogens with zero attached hydrogens (tertiary/aromatic N) is 2. The third-order valence-corrected chi connectivity index (χ3v) is 7.03. The molecule has 1 aromatic heterocycles. The number of benzene rings is 2. The fourth-order valence-corrected chi connectivity index (χ4v) is 4.79. The first kappa shape index (κ1) is 22.2. The van der Waals surface area contributed by atoms with Crippen LogP contribution < -0.4 is 4.90 Å². The van der Waals surface area contributed by atoms with Crippen LogP contribution in [-0.2, 0) is 9.59 Å². The molecule has 0 spiro atoms. The van der Waals surface area contributed by atoms with E-state index in [1.807, 2.05) is 38.1 Å². The molecule has 4 rings (SSSR count). The summed E-state index contributed by atoms with van der Waals surface area (Å²) in [5.41, 5.74) is 3.14. The van der Waals surface area contributed by atoms with Crippen LogP contribution in [0.1, 0.15) is 53.1 Å². The first-order valence-electron chi connectivity index (χ1n) is 10.3. The van der Waals surface area contributed by atoms with Crippen molar-refractivity contribution in [2.45, 2.75) is 39.7 Å². The van der Waals surface area contributed by atoms with Crippen LogP contribution in [0.4, 0.5) is 5.13 Å². The van der Waals surface area contributed by atoms with E-state index in [1.54, 1.807) is 24.3 Å². The van der Waals surface area contributed by atoms with E-state index in [9.17, 15) is 14.7 Å². The highest BCUT2D eigenvalue weighted by Crippen LogP contribution is 2.44. The number of hydrogen-bond donors (Lipinski definition) is 1. The van der Waals surface area contributed by atoms with Crippen molar-refractivity contribution in [3.8, 4) is 0 Å². The monoisotopic (exact) mass is 466 g/mol. The first-order chi connectivity index (χ1) is 15.2. The largest absolute Gasteiger partial charge is 0.507 e. The summed E-state index contributed by atoms with van der Waals surface area (Å²) in [5.74, 6) is -1.33. The zero-order valence-electron chi connectivity index (χ0n) is 18.2. The van der Waals surface area contributed by atoms with E-state index >= 15 is 0 Å². The Morgan fingerprint density at radius 3 is 2.22 bits per heavy atom. The smallest absolute Gasteiger partial charge is 0.301 e. The second-order valence-corrected chi connectivity index (χ2v) is 9.75. The van der Waals surface area contributed by atoms with E-state index in [4.69, 9.17) is 11.6 Å². The summed E-state index contributed by atoms with van der Waals surface area (Å²) in [4.78, 5) is 33.2. The Balaban J connectivity index is 1.92. The molecule has 164 valence electrons. The molecule has 2 heterocycles. The van der Waals surface area contributed by atoms with Crippen LogP contribution in [0.15, 0.2) is 54.1 Å². The molecule has 1 N–H and O–H groups in total. The fraction of sp³-hybridized carbons (Fsp3) is 0.240. The Hall–Kier alpha value is -2.96. The molecule has 1 aliphatic rings. The molecule has 7 heteroatoms. The van der Waals surface area contributed by atoms with Gasteiger partial charge in [-0.25, -0.2) is 4.98 Å². The average Bonchev–Trinajstić information content (AvgIpc) is 3.23. The maximum Gasteiger partial charge on any atom is 0.301 e. The van der Waals surface area contributed by atoms with E-state index in [2.05, 4.69) is 18.8 Å². The fourth-order valence-electron chi connectivity index (χ4n) is 3.73. The van der Waals surface area contributed by atoms with Crippen LogP contribution >= 0.6 is 22.9 Å². The number of aromatic nitrogens is 1. The summed E-state index contributed by atoms with van der Waals surface area (Å²) in [6.45, 7) is 7.99. The molecule has 0 saturated carbocycles. The molecule has 1 amide bonds. The highest BCUT2D eigenvalue weighted by atomic mass is 35.5. The lowest BCUT2D eigenvalue weighted by Crippen LogP contribution is -2.29. The number of carbonyl (C=O) groups excluding carboxylic acids is 2. The molecule has 3 aromatic rings. The van der Waals surface area contributed by atoms with Crippen LogP contribution in [0, 0.1) is 13.8 Å². The Bertz CT molecular complexity index is 1210. The van der Waals surface area contributed by atoms with Crippen LogP contribution in [0.25, 0.3) is 5.76 Å². The third kappa shape index (κ3) is 3.85. The minimum atomic E-state index is -0.781. The first-order valence-corrected chi connectivity index (χ1v) is 11.5. The van der Waals surface area contributed by atoms with Gasteiger partial charge in [0, 0.05) is 15.5 Å². The molecular formula is C25H23ClN2O3S. The zero-order valence-corrected chi connectivity index (χ0v) is 19.8. The number of halogens is 1. The zero-order chi connectivity index (χ0) is 23.2. The third-order valence-electron chi connectivity index (χ3n) is 5.70. The number of ketones is 1. The Labute approximate surface area is 196 Å². The average molecular weight is 467 g/mol. The minimum absolute atomic E-state index is 0.0418. The van der Waals surface area contributed by atoms with Crippen LogP contribution in [-0.4, -0.2) is 21.8 Å². The van der Waals surface area contributed by atoms with Crippen molar-refractivity contribution in [3.05, 3.63) is 86.4 Å². The molecule has 1 aliphatic heterocycles. The van der Waals surface area contributed by atoms with Crippen LogP contribution in [0.3, 0.4) is 0 Å². The number of anilines is 1. The van der Waals surface area contributed by atoms with Crippen molar-refractivity contribution in [1.29, 1.82) is 0 Å². The predicted octanol–water partition coefficient (Wildman–Crippen LogP) is 6.16. The Morgan fingerprint density at radius 2 is 1.69 bits per heavy atom. The van der Waals surface area contributed by atoms with Gasteiger partial charge in [-0.2, -0.15) is 0 Å². The van der Waals surface area contributed by atoms with E-state index in [-0.39, 0.29) is 11.3 Å². The lowest BCUT2D eigenvalue weighted by molar-refractivity contribution is -0.132. The van der Waals surface area contributed by atoms with Gasteiger partial charge in [-0.1, -0.05) is 49.7 Å². The summed E-state index contributed by atoms with van der Waals surface area (Å²) < 4.78 is 0. The maximum atomic E-state index is 13.2. The number of aliphatic hydroxyl groups is 1. The SMILES string of the molecule is Cc1nc(N2C(=O)C(=O)/C(=C(/O)c3ccc(Cl)cc3)[C@@H]2c2ccc(C(C)C)cc2)sc1C. The molecular weight excluding hydrogens is 444 g/mol. The minimum Gasteiger partial charge on any atom is -0.507 e. The molecule has 1 fully saturated rings. The number of thiazole rings is 1. The van der Waals surface area contributed by atoms with Crippen molar-refractivity contribution >= 4 is 45.5 Å². The van der Waals surface area contributed by atoms with Gasteiger partial charge < -0.3 is 5.11 Å². The lowest BCUT2D eigenvalue weighted by atomic mass is 9.93. The Kier molecular flexibility index (Phi) is 5.93. The highest BCUT2D eigenvalue weighted by Gasteiger charge is 2.48. The van der Waals surface area contributed by atoms with E-state index < -0.39 is 17.7 Å². The summed E-state index contributed by atoms with van der Waals surface area (Å²) in [5, 5.41) is 12.1. The second-order valence-electron chi connectivity index (χ2n) is 8.14. The molecule has 32 heavy (non-hydrogen) atoms. The number of aryl methyl sites for hydroxylation is 2. The molecule has 0 aliphatic carbocycles. The van der Waals surface area contributed by atoms with Gasteiger partial charge in [0.2, 0.25) is 0 Å². The van der Waals surface area contributed by atoms with Gasteiger partial charge in [-0.3, -0.25) is 14.5 Å².